The fourth-order valence-electron chi connectivity index (χ4n) is 3.26. The Morgan fingerprint density at radius 1 is 1.00 bits per heavy atom. The van der Waals surface area contributed by atoms with Crippen molar-refractivity contribution in [2.45, 2.75) is 43.5 Å². The Labute approximate surface area is 168 Å². The standard InChI is InChI=1S/C21H30N4O2S/c1-4-21(5-2,18-9-7-6-8-10-18)16-25-20(23-3)24-15-17-11-13-19(14-12-17)28(22,26)27/h6-14H,4-5,15-16H2,1-3H3,(H2,22,26,27)(H2,23,24,25). The molecule has 0 atom stereocenters. The minimum atomic E-state index is -3.67. The molecule has 28 heavy (non-hydrogen) atoms. The van der Waals surface area contributed by atoms with Gasteiger partial charge in [0.15, 0.2) is 5.96 Å². The van der Waals surface area contributed by atoms with Gasteiger partial charge >= 0.3 is 0 Å². The Kier molecular flexibility index (Phi) is 7.60. The van der Waals surface area contributed by atoms with Crippen molar-refractivity contribution in [1.82, 2.24) is 10.6 Å². The number of benzene rings is 2. The summed E-state index contributed by atoms with van der Waals surface area (Å²) in [5.41, 5.74) is 2.30. The molecule has 0 bridgehead atoms. The van der Waals surface area contributed by atoms with Gasteiger partial charge in [-0.25, -0.2) is 13.6 Å². The van der Waals surface area contributed by atoms with E-state index in [2.05, 4.69) is 53.7 Å². The molecule has 0 aromatic heterocycles. The molecule has 7 heteroatoms. The first-order valence-electron chi connectivity index (χ1n) is 9.46. The second-order valence-electron chi connectivity index (χ2n) is 6.82. The highest BCUT2D eigenvalue weighted by Crippen LogP contribution is 2.30. The number of rotatable bonds is 8. The van der Waals surface area contributed by atoms with E-state index in [9.17, 15) is 8.42 Å². The topological polar surface area (TPSA) is 96.6 Å². The zero-order valence-electron chi connectivity index (χ0n) is 16.8. The van der Waals surface area contributed by atoms with Crippen LogP contribution in [0.15, 0.2) is 64.5 Å². The monoisotopic (exact) mass is 402 g/mol. The SMILES string of the molecule is CCC(CC)(CNC(=NC)NCc1ccc(S(N)(=O)=O)cc1)c1ccccc1. The molecule has 4 N–H and O–H groups in total. The third kappa shape index (κ3) is 5.56. The predicted molar refractivity (Wildman–Crippen MR) is 115 cm³/mol. The zero-order valence-corrected chi connectivity index (χ0v) is 17.6. The number of hydrogen-bond donors (Lipinski definition) is 3. The summed E-state index contributed by atoms with van der Waals surface area (Å²) in [6, 6.07) is 17.1. The van der Waals surface area contributed by atoms with Crippen molar-refractivity contribution in [2.24, 2.45) is 10.1 Å². The number of primary sulfonamides is 1. The van der Waals surface area contributed by atoms with Gasteiger partial charge in [-0.2, -0.15) is 0 Å². The van der Waals surface area contributed by atoms with E-state index in [0.29, 0.717) is 12.5 Å². The number of aliphatic imine (C=N–C) groups is 1. The first kappa shape index (κ1) is 21.9. The average Bonchev–Trinajstić information content (AvgIpc) is 2.71. The Morgan fingerprint density at radius 2 is 1.61 bits per heavy atom. The molecule has 0 aliphatic heterocycles. The largest absolute Gasteiger partial charge is 0.356 e. The Balaban J connectivity index is 2.00. The molecule has 0 fully saturated rings. The van der Waals surface area contributed by atoms with Crippen molar-refractivity contribution in [3.05, 3.63) is 65.7 Å². The molecule has 2 aromatic rings. The normalized spacial score (nSPS) is 12.6. The van der Waals surface area contributed by atoms with Crippen molar-refractivity contribution in [2.75, 3.05) is 13.6 Å². The lowest BCUT2D eigenvalue weighted by Gasteiger charge is -2.33. The van der Waals surface area contributed by atoms with Crippen LogP contribution in [0.4, 0.5) is 0 Å². The van der Waals surface area contributed by atoms with E-state index in [0.717, 1.165) is 24.9 Å². The molecule has 0 saturated carbocycles. The van der Waals surface area contributed by atoms with Gasteiger partial charge in [0.2, 0.25) is 10.0 Å². The van der Waals surface area contributed by atoms with Gasteiger partial charge in [-0.05, 0) is 36.1 Å². The lowest BCUT2D eigenvalue weighted by Crippen LogP contribution is -2.45. The van der Waals surface area contributed by atoms with Gasteiger partial charge in [-0.1, -0.05) is 56.3 Å². The summed E-state index contributed by atoms with van der Waals surface area (Å²) in [5, 5.41) is 11.8. The summed E-state index contributed by atoms with van der Waals surface area (Å²) in [5.74, 6) is 0.706. The Bertz CT molecular complexity index is 874. The third-order valence-electron chi connectivity index (χ3n) is 5.27. The van der Waals surface area contributed by atoms with E-state index in [4.69, 9.17) is 5.14 Å². The van der Waals surface area contributed by atoms with Crippen LogP contribution < -0.4 is 15.8 Å². The van der Waals surface area contributed by atoms with Gasteiger partial charge in [-0.15, -0.1) is 0 Å². The minimum absolute atomic E-state index is 0.0377. The molecule has 2 aromatic carbocycles. The van der Waals surface area contributed by atoms with Crippen LogP contribution in [0.1, 0.15) is 37.8 Å². The van der Waals surface area contributed by atoms with Crippen LogP contribution in [0.2, 0.25) is 0 Å². The molecular formula is C21H30N4O2S. The first-order valence-corrected chi connectivity index (χ1v) is 11.0. The molecule has 0 amide bonds. The fourth-order valence-corrected chi connectivity index (χ4v) is 3.77. The van der Waals surface area contributed by atoms with E-state index in [1.165, 1.54) is 17.7 Å². The minimum Gasteiger partial charge on any atom is -0.356 e. The lowest BCUT2D eigenvalue weighted by molar-refractivity contribution is 0.389. The van der Waals surface area contributed by atoms with Crippen LogP contribution in [0.5, 0.6) is 0 Å². The molecule has 0 saturated heterocycles. The second kappa shape index (κ2) is 9.71. The van der Waals surface area contributed by atoms with Crippen LogP contribution in [-0.4, -0.2) is 28.0 Å². The molecule has 0 unspecified atom stereocenters. The molecule has 6 nitrogen and oxygen atoms in total. The van der Waals surface area contributed by atoms with Crippen LogP contribution in [0.3, 0.4) is 0 Å². The molecule has 0 spiro atoms. The first-order chi connectivity index (χ1) is 13.3. The number of sulfonamides is 1. The molecular weight excluding hydrogens is 372 g/mol. The van der Waals surface area contributed by atoms with Gasteiger partial charge in [-0.3, -0.25) is 4.99 Å². The summed E-state index contributed by atoms with van der Waals surface area (Å²) in [4.78, 5) is 4.41. The molecule has 2 rings (SSSR count). The van der Waals surface area contributed by atoms with Gasteiger partial charge in [0, 0.05) is 25.6 Å². The fraction of sp³-hybridized carbons (Fsp3) is 0.381. The van der Waals surface area contributed by atoms with Crippen LogP contribution in [0, 0.1) is 0 Å². The maximum absolute atomic E-state index is 11.3. The maximum Gasteiger partial charge on any atom is 0.238 e. The van der Waals surface area contributed by atoms with Crippen LogP contribution in [-0.2, 0) is 22.0 Å². The van der Waals surface area contributed by atoms with Crippen molar-refractivity contribution in [1.29, 1.82) is 0 Å². The predicted octanol–water partition coefficient (Wildman–Crippen LogP) is 2.76. The van der Waals surface area contributed by atoms with E-state index in [1.54, 1.807) is 19.2 Å². The van der Waals surface area contributed by atoms with Gasteiger partial charge in [0.25, 0.3) is 0 Å². The third-order valence-corrected chi connectivity index (χ3v) is 6.20. The number of guanidine groups is 1. The number of nitrogens with zero attached hydrogens (tertiary/aromatic N) is 1. The van der Waals surface area contributed by atoms with E-state index in [-0.39, 0.29) is 10.3 Å². The lowest BCUT2D eigenvalue weighted by atomic mass is 9.76. The summed E-state index contributed by atoms with van der Waals surface area (Å²) >= 11 is 0. The summed E-state index contributed by atoms with van der Waals surface area (Å²) < 4.78 is 22.7. The molecule has 0 radical (unpaired) electrons. The summed E-state index contributed by atoms with van der Waals surface area (Å²) in [6.45, 7) is 5.72. The van der Waals surface area contributed by atoms with Gasteiger partial charge in [0.1, 0.15) is 0 Å². The van der Waals surface area contributed by atoms with Crippen LogP contribution >= 0.6 is 0 Å². The summed E-state index contributed by atoms with van der Waals surface area (Å²) in [7, 11) is -1.93. The Morgan fingerprint density at radius 3 is 2.11 bits per heavy atom. The van der Waals surface area contributed by atoms with Crippen molar-refractivity contribution in [3.8, 4) is 0 Å². The highest BCUT2D eigenvalue weighted by Gasteiger charge is 2.28. The van der Waals surface area contributed by atoms with Crippen molar-refractivity contribution >= 4 is 16.0 Å². The van der Waals surface area contributed by atoms with Crippen molar-refractivity contribution < 1.29 is 8.42 Å². The quantitative estimate of drug-likeness (QED) is 0.467. The molecule has 0 heterocycles. The number of nitrogens with one attached hydrogen (secondary N) is 2. The molecule has 152 valence electrons. The van der Waals surface area contributed by atoms with E-state index in [1.807, 2.05) is 6.07 Å². The number of hydrogen-bond acceptors (Lipinski definition) is 3. The average molecular weight is 403 g/mol. The Hall–Kier alpha value is -2.38. The highest BCUT2D eigenvalue weighted by molar-refractivity contribution is 7.89. The molecule has 0 aliphatic carbocycles. The highest BCUT2D eigenvalue weighted by atomic mass is 32.2. The molecule has 0 aliphatic rings. The zero-order chi connectivity index (χ0) is 20.6. The second-order valence-corrected chi connectivity index (χ2v) is 8.38. The van der Waals surface area contributed by atoms with Crippen molar-refractivity contribution in [3.63, 3.8) is 0 Å². The number of nitrogens with two attached hydrogens (primary N) is 1. The van der Waals surface area contributed by atoms with Gasteiger partial charge < -0.3 is 10.6 Å². The van der Waals surface area contributed by atoms with Gasteiger partial charge in [0.05, 0.1) is 4.90 Å². The van der Waals surface area contributed by atoms with E-state index < -0.39 is 10.0 Å². The maximum atomic E-state index is 11.3. The smallest absolute Gasteiger partial charge is 0.238 e. The van der Waals surface area contributed by atoms with E-state index >= 15 is 0 Å². The summed E-state index contributed by atoms with van der Waals surface area (Å²) in [6.07, 6.45) is 2.04. The van der Waals surface area contributed by atoms with Crippen LogP contribution in [0.25, 0.3) is 0 Å².